The van der Waals surface area contributed by atoms with Crippen molar-refractivity contribution in [3.05, 3.63) is 18.2 Å². The summed E-state index contributed by atoms with van der Waals surface area (Å²) in [6.07, 6.45) is 1.11. The van der Waals surface area contributed by atoms with Crippen LogP contribution in [0.3, 0.4) is 0 Å². The highest BCUT2D eigenvalue weighted by atomic mass is 32.2. The molecule has 0 radical (unpaired) electrons. The number of aromatic amines is 1. The maximum Gasteiger partial charge on any atom is 0.166 e. The summed E-state index contributed by atoms with van der Waals surface area (Å²) in [5.74, 6) is 1.89. The predicted octanol–water partition coefficient (Wildman–Crippen LogP) is 2.29. The van der Waals surface area contributed by atoms with Gasteiger partial charge >= 0.3 is 0 Å². The first-order chi connectivity index (χ1) is 9.83. The van der Waals surface area contributed by atoms with Crippen molar-refractivity contribution in [3.63, 3.8) is 0 Å². The molecule has 2 rings (SSSR count). The van der Waals surface area contributed by atoms with Crippen molar-refractivity contribution in [3.8, 4) is 5.75 Å². The van der Waals surface area contributed by atoms with E-state index in [9.17, 15) is 0 Å². The number of benzene rings is 1. The van der Waals surface area contributed by atoms with Gasteiger partial charge in [-0.1, -0.05) is 11.8 Å². The van der Waals surface area contributed by atoms with Gasteiger partial charge in [-0.05, 0) is 25.1 Å². The highest BCUT2D eigenvalue weighted by molar-refractivity contribution is 7.99. The van der Waals surface area contributed by atoms with Crippen molar-refractivity contribution in [2.24, 2.45) is 0 Å². The third kappa shape index (κ3) is 4.40. The Morgan fingerprint density at radius 2 is 2.20 bits per heavy atom. The number of imidazole rings is 1. The number of fused-ring (bicyclic) bond motifs is 1. The summed E-state index contributed by atoms with van der Waals surface area (Å²) in [6, 6.07) is 5.87. The molecule has 0 saturated heterocycles. The fraction of sp³-hybridized carbons (Fsp3) is 0.500. The minimum Gasteiger partial charge on any atom is -0.497 e. The first kappa shape index (κ1) is 15.2. The van der Waals surface area contributed by atoms with Crippen LogP contribution in [0.1, 0.15) is 6.42 Å². The van der Waals surface area contributed by atoms with Gasteiger partial charge in [0.15, 0.2) is 5.16 Å². The third-order valence-electron chi connectivity index (χ3n) is 2.89. The zero-order chi connectivity index (χ0) is 14.2. The molecular weight excluding hydrogens is 274 g/mol. The average molecular weight is 295 g/mol. The molecule has 1 aromatic heterocycles. The van der Waals surface area contributed by atoms with Crippen molar-refractivity contribution < 1.29 is 9.47 Å². The quantitative estimate of drug-likeness (QED) is 0.549. The fourth-order valence-corrected chi connectivity index (χ4v) is 2.65. The van der Waals surface area contributed by atoms with Crippen LogP contribution >= 0.6 is 11.8 Å². The Morgan fingerprint density at radius 1 is 1.30 bits per heavy atom. The second-order valence-electron chi connectivity index (χ2n) is 4.37. The van der Waals surface area contributed by atoms with Gasteiger partial charge < -0.3 is 19.8 Å². The average Bonchev–Trinajstić information content (AvgIpc) is 2.87. The monoisotopic (exact) mass is 295 g/mol. The lowest BCUT2D eigenvalue weighted by atomic mass is 10.3. The van der Waals surface area contributed by atoms with Gasteiger partial charge in [0.25, 0.3) is 0 Å². The van der Waals surface area contributed by atoms with E-state index >= 15 is 0 Å². The number of hydrogen-bond donors (Lipinski definition) is 2. The molecular formula is C14H21N3O2S. The summed E-state index contributed by atoms with van der Waals surface area (Å²) in [7, 11) is 3.39. The van der Waals surface area contributed by atoms with E-state index in [1.165, 1.54) is 0 Å². The summed E-state index contributed by atoms with van der Waals surface area (Å²) >= 11 is 1.74. The summed E-state index contributed by atoms with van der Waals surface area (Å²) in [5.41, 5.74) is 2.00. The summed E-state index contributed by atoms with van der Waals surface area (Å²) in [5, 5.41) is 4.29. The first-order valence-corrected chi connectivity index (χ1v) is 7.68. The van der Waals surface area contributed by atoms with Crippen LogP contribution in [-0.2, 0) is 4.74 Å². The Labute approximate surface area is 123 Å². The Morgan fingerprint density at radius 3 is 3.00 bits per heavy atom. The molecule has 5 nitrogen and oxygen atoms in total. The molecule has 110 valence electrons. The van der Waals surface area contributed by atoms with Gasteiger partial charge in [-0.3, -0.25) is 0 Å². The molecule has 0 spiro atoms. The van der Waals surface area contributed by atoms with Crippen LogP contribution < -0.4 is 10.1 Å². The zero-order valence-corrected chi connectivity index (χ0v) is 12.8. The van der Waals surface area contributed by atoms with Gasteiger partial charge in [0, 0.05) is 25.5 Å². The van der Waals surface area contributed by atoms with Crippen molar-refractivity contribution in [1.82, 2.24) is 15.3 Å². The lowest BCUT2D eigenvalue weighted by Gasteiger charge is -2.02. The van der Waals surface area contributed by atoms with Crippen molar-refractivity contribution in [1.29, 1.82) is 0 Å². The van der Waals surface area contributed by atoms with Crippen molar-refractivity contribution >= 4 is 22.8 Å². The van der Waals surface area contributed by atoms with Gasteiger partial charge in [0.1, 0.15) is 5.75 Å². The van der Waals surface area contributed by atoms with E-state index in [0.717, 1.165) is 53.8 Å². The van der Waals surface area contributed by atoms with Gasteiger partial charge in [-0.25, -0.2) is 4.98 Å². The van der Waals surface area contributed by atoms with E-state index in [2.05, 4.69) is 15.3 Å². The minimum absolute atomic E-state index is 0.762. The largest absolute Gasteiger partial charge is 0.497 e. The molecule has 0 saturated carbocycles. The number of thioether (sulfide) groups is 1. The Balaban J connectivity index is 1.76. The SMILES string of the molecule is COCCNCCCSc1nc2ccc(OC)cc2[nH]1. The normalized spacial score (nSPS) is 11.1. The molecule has 0 bridgehead atoms. The molecule has 0 atom stereocenters. The lowest BCUT2D eigenvalue weighted by molar-refractivity contribution is 0.199. The van der Waals surface area contributed by atoms with Gasteiger partial charge in [-0.15, -0.1) is 0 Å². The predicted molar refractivity (Wildman–Crippen MR) is 82.7 cm³/mol. The molecule has 0 amide bonds. The molecule has 0 unspecified atom stereocenters. The second-order valence-corrected chi connectivity index (χ2v) is 5.45. The van der Waals surface area contributed by atoms with E-state index in [4.69, 9.17) is 9.47 Å². The first-order valence-electron chi connectivity index (χ1n) is 6.69. The Bertz CT molecular complexity index is 530. The molecule has 2 N–H and O–H groups in total. The van der Waals surface area contributed by atoms with E-state index in [1.807, 2.05) is 18.2 Å². The summed E-state index contributed by atoms with van der Waals surface area (Å²) in [6.45, 7) is 2.68. The fourth-order valence-electron chi connectivity index (χ4n) is 1.83. The van der Waals surface area contributed by atoms with Crippen LogP contribution in [0, 0.1) is 0 Å². The molecule has 1 heterocycles. The van der Waals surface area contributed by atoms with E-state index < -0.39 is 0 Å². The summed E-state index contributed by atoms with van der Waals surface area (Å²) in [4.78, 5) is 7.86. The smallest absolute Gasteiger partial charge is 0.166 e. The van der Waals surface area contributed by atoms with E-state index in [0.29, 0.717) is 0 Å². The lowest BCUT2D eigenvalue weighted by Crippen LogP contribution is -2.20. The highest BCUT2D eigenvalue weighted by Crippen LogP contribution is 2.23. The summed E-state index contributed by atoms with van der Waals surface area (Å²) < 4.78 is 10.2. The number of nitrogens with one attached hydrogen (secondary N) is 2. The Kier molecular flexibility index (Phi) is 6.17. The molecule has 0 fully saturated rings. The standard InChI is InChI=1S/C14H21N3O2S/c1-18-8-7-15-6-3-9-20-14-16-12-5-4-11(19-2)10-13(12)17-14/h4-5,10,15H,3,6-9H2,1-2H3,(H,16,17). The Hall–Kier alpha value is -1.24. The number of H-pyrrole nitrogens is 1. The van der Waals surface area contributed by atoms with Crippen molar-refractivity contribution in [2.75, 3.05) is 39.7 Å². The maximum absolute atomic E-state index is 5.20. The molecule has 6 heteroatoms. The number of aromatic nitrogens is 2. The van der Waals surface area contributed by atoms with Crippen LogP contribution in [0.15, 0.2) is 23.4 Å². The second kappa shape index (κ2) is 8.14. The number of rotatable bonds is 9. The number of ether oxygens (including phenoxy) is 2. The van der Waals surface area contributed by atoms with Crippen LogP contribution in [-0.4, -0.2) is 49.6 Å². The number of methoxy groups -OCH3 is 2. The van der Waals surface area contributed by atoms with E-state index in [-0.39, 0.29) is 0 Å². The van der Waals surface area contributed by atoms with E-state index in [1.54, 1.807) is 26.0 Å². The molecule has 0 aliphatic heterocycles. The maximum atomic E-state index is 5.20. The number of nitrogens with zero attached hydrogens (tertiary/aromatic N) is 1. The molecule has 20 heavy (non-hydrogen) atoms. The highest BCUT2D eigenvalue weighted by Gasteiger charge is 2.04. The van der Waals surface area contributed by atoms with Gasteiger partial charge in [0.2, 0.25) is 0 Å². The molecule has 0 aliphatic rings. The van der Waals surface area contributed by atoms with Crippen LogP contribution in [0.2, 0.25) is 0 Å². The van der Waals surface area contributed by atoms with Gasteiger partial charge in [-0.2, -0.15) is 0 Å². The van der Waals surface area contributed by atoms with Crippen LogP contribution in [0.4, 0.5) is 0 Å². The zero-order valence-electron chi connectivity index (χ0n) is 11.9. The number of hydrogen-bond acceptors (Lipinski definition) is 5. The minimum atomic E-state index is 0.762. The molecule has 0 aliphatic carbocycles. The third-order valence-corrected chi connectivity index (χ3v) is 3.85. The van der Waals surface area contributed by atoms with Gasteiger partial charge in [0.05, 0.1) is 24.8 Å². The van der Waals surface area contributed by atoms with Crippen LogP contribution in [0.25, 0.3) is 11.0 Å². The molecule has 2 aromatic rings. The molecule has 1 aromatic carbocycles. The topological polar surface area (TPSA) is 59.2 Å². The van der Waals surface area contributed by atoms with Crippen molar-refractivity contribution in [2.45, 2.75) is 11.6 Å². The van der Waals surface area contributed by atoms with Crippen LogP contribution in [0.5, 0.6) is 5.75 Å².